The van der Waals surface area contributed by atoms with Gasteiger partial charge in [-0.2, -0.15) is 5.10 Å². The first-order valence-electron chi connectivity index (χ1n) is 3.53. The zero-order chi connectivity index (χ0) is 8.10. The molecule has 1 rings (SSSR count). The number of aromatic nitrogens is 2. The summed E-state index contributed by atoms with van der Waals surface area (Å²) in [7, 11) is 0. The van der Waals surface area contributed by atoms with Crippen LogP contribution in [0.4, 0.5) is 0 Å². The Balaban J connectivity index is 2.95. The van der Waals surface area contributed by atoms with Crippen LogP contribution in [0, 0.1) is 0 Å². The van der Waals surface area contributed by atoms with Crippen molar-refractivity contribution in [3.63, 3.8) is 0 Å². The van der Waals surface area contributed by atoms with Crippen molar-refractivity contribution in [2.75, 3.05) is 0 Å². The summed E-state index contributed by atoms with van der Waals surface area (Å²) in [4.78, 5) is 4.09. The number of hydrogen-bond acceptors (Lipinski definition) is 2. The molecule has 0 fully saturated rings. The van der Waals surface area contributed by atoms with Gasteiger partial charge in [0.2, 0.25) is 0 Å². The highest BCUT2D eigenvalue weighted by molar-refractivity contribution is 5.53. The van der Waals surface area contributed by atoms with E-state index in [0.717, 1.165) is 5.82 Å². The van der Waals surface area contributed by atoms with Crippen LogP contribution in [-0.4, -0.2) is 15.9 Å². The predicted molar refractivity (Wildman–Crippen MR) is 46.5 cm³/mol. The molecule has 0 atom stereocenters. The lowest BCUT2D eigenvalue weighted by Gasteiger charge is -1.92. The molecule has 0 aliphatic carbocycles. The third-order valence-electron chi connectivity index (χ3n) is 1.21. The Morgan fingerprint density at radius 1 is 1.55 bits per heavy atom. The van der Waals surface area contributed by atoms with E-state index in [1.165, 1.54) is 0 Å². The first-order valence-corrected chi connectivity index (χ1v) is 3.53. The lowest BCUT2D eigenvalue weighted by Crippen LogP contribution is -1.89. The molecule has 3 heteroatoms. The van der Waals surface area contributed by atoms with Gasteiger partial charge < -0.3 is 0 Å². The molecular formula is C8H11N3. The molecule has 1 aromatic heterocycles. The van der Waals surface area contributed by atoms with Gasteiger partial charge in [0.1, 0.15) is 0 Å². The van der Waals surface area contributed by atoms with Crippen LogP contribution in [0.1, 0.15) is 19.7 Å². The Hall–Kier alpha value is -1.38. The molecule has 0 aliphatic heterocycles. The van der Waals surface area contributed by atoms with Crippen LogP contribution < -0.4 is 0 Å². The van der Waals surface area contributed by atoms with Crippen LogP contribution in [0.25, 0.3) is 6.08 Å². The van der Waals surface area contributed by atoms with Crippen molar-refractivity contribution < 1.29 is 0 Å². The molecule has 1 heterocycles. The quantitative estimate of drug-likeness (QED) is 0.589. The van der Waals surface area contributed by atoms with Crippen molar-refractivity contribution in [2.45, 2.75) is 13.8 Å². The normalized spacial score (nSPS) is 11.8. The van der Waals surface area contributed by atoms with E-state index in [0.29, 0.717) is 0 Å². The Morgan fingerprint density at radius 2 is 2.36 bits per heavy atom. The first-order chi connectivity index (χ1) is 5.38. The van der Waals surface area contributed by atoms with E-state index in [1.54, 1.807) is 17.1 Å². The van der Waals surface area contributed by atoms with E-state index < -0.39 is 0 Å². The summed E-state index contributed by atoms with van der Waals surface area (Å²) in [6.45, 7) is 3.83. The van der Waals surface area contributed by atoms with Gasteiger partial charge in [-0.3, -0.25) is 0 Å². The van der Waals surface area contributed by atoms with E-state index in [9.17, 15) is 0 Å². The van der Waals surface area contributed by atoms with Gasteiger partial charge in [0.25, 0.3) is 0 Å². The van der Waals surface area contributed by atoms with Crippen molar-refractivity contribution >= 4 is 12.3 Å². The third-order valence-corrected chi connectivity index (χ3v) is 1.21. The molecule has 3 nitrogen and oxygen atoms in total. The van der Waals surface area contributed by atoms with Crippen molar-refractivity contribution in [1.82, 2.24) is 9.66 Å². The fraction of sp³-hybridized carbons (Fsp3) is 0.250. The van der Waals surface area contributed by atoms with Crippen LogP contribution in [0.15, 0.2) is 23.6 Å². The second-order valence-electron chi connectivity index (χ2n) is 2.00. The molecule has 58 valence electrons. The number of nitrogens with zero attached hydrogens (tertiary/aromatic N) is 3. The van der Waals surface area contributed by atoms with Gasteiger partial charge in [0.15, 0.2) is 5.82 Å². The van der Waals surface area contributed by atoms with Crippen molar-refractivity contribution in [3.05, 3.63) is 24.3 Å². The maximum atomic E-state index is 4.09. The highest BCUT2D eigenvalue weighted by atomic mass is 15.4. The van der Waals surface area contributed by atoms with Crippen LogP contribution in [0.2, 0.25) is 0 Å². The van der Waals surface area contributed by atoms with Gasteiger partial charge in [-0.15, -0.1) is 0 Å². The summed E-state index contributed by atoms with van der Waals surface area (Å²) >= 11 is 0. The molecule has 0 unspecified atom stereocenters. The molecule has 11 heavy (non-hydrogen) atoms. The standard InChI is InChI=1S/C8H11N3/c1-3-5-8-9-6-7-11(8)10-4-2/h3-7H,1-2H3/b5-3-,10-4-. The fourth-order valence-corrected chi connectivity index (χ4v) is 0.799. The van der Waals surface area contributed by atoms with Crippen LogP contribution in [-0.2, 0) is 0 Å². The summed E-state index contributed by atoms with van der Waals surface area (Å²) in [5, 5.41) is 4.06. The van der Waals surface area contributed by atoms with E-state index >= 15 is 0 Å². The first kappa shape index (κ1) is 7.72. The minimum absolute atomic E-state index is 0.852. The van der Waals surface area contributed by atoms with E-state index in [-0.39, 0.29) is 0 Å². The maximum Gasteiger partial charge on any atom is 0.153 e. The number of allylic oxidation sites excluding steroid dienone is 1. The maximum absolute atomic E-state index is 4.09. The molecule has 0 bridgehead atoms. The van der Waals surface area contributed by atoms with E-state index in [4.69, 9.17) is 0 Å². The van der Waals surface area contributed by atoms with E-state index in [2.05, 4.69) is 10.1 Å². The second-order valence-corrected chi connectivity index (χ2v) is 2.00. The Labute approximate surface area is 66.1 Å². The topological polar surface area (TPSA) is 30.2 Å². The van der Waals surface area contributed by atoms with Crippen molar-refractivity contribution in [1.29, 1.82) is 0 Å². The molecule has 0 aromatic carbocycles. The minimum Gasteiger partial charge on any atom is -0.236 e. The second kappa shape index (κ2) is 3.71. The van der Waals surface area contributed by atoms with Gasteiger partial charge in [0, 0.05) is 18.6 Å². The van der Waals surface area contributed by atoms with Gasteiger partial charge in [-0.1, -0.05) is 6.08 Å². The number of rotatable bonds is 2. The minimum atomic E-state index is 0.852. The average molecular weight is 149 g/mol. The van der Waals surface area contributed by atoms with Gasteiger partial charge in [0.05, 0.1) is 0 Å². The summed E-state index contributed by atoms with van der Waals surface area (Å²) in [5.74, 6) is 0.852. The number of hydrogen-bond donors (Lipinski definition) is 0. The summed E-state index contributed by atoms with van der Waals surface area (Å²) in [5.41, 5.74) is 0. The third kappa shape index (κ3) is 1.77. The van der Waals surface area contributed by atoms with Crippen molar-refractivity contribution in [3.8, 4) is 0 Å². The molecule has 0 radical (unpaired) electrons. The zero-order valence-corrected chi connectivity index (χ0v) is 6.73. The number of imidazole rings is 1. The molecule has 0 spiro atoms. The Kier molecular flexibility index (Phi) is 2.60. The Bertz CT molecular complexity index is 244. The molecular weight excluding hydrogens is 138 g/mol. The highest BCUT2D eigenvalue weighted by Crippen LogP contribution is 1.98. The monoisotopic (exact) mass is 149 g/mol. The molecule has 1 aromatic rings. The lowest BCUT2D eigenvalue weighted by molar-refractivity contribution is 0.866. The molecule has 0 N–H and O–H groups in total. The smallest absolute Gasteiger partial charge is 0.153 e. The highest BCUT2D eigenvalue weighted by Gasteiger charge is 1.92. The SMILES string of the molecule is C/C=C\c1nccn1/N=C\C. The molecule has 0 aliphatic rings. The molecule has 0 amide bonds. The summed E-state index contributed by atoms with van der Waals surface area (Å²) < 4.78 is 1.72. The molecule has 0 saturated heterocycles. The summed E-state index contributed by atoms with van der Waals surface area (Å²) in [6.07, 6.45) is 9.11. The van der Waals surface area contributed by atoms with Crippen LogP contribution >= 0.6 is 0 Å². The van der Waals surface area contributed by atoms with E-state index in [1.807, 2.05) is 32.2 Å². The molecule has 0 saturated carbocycles. The van der Waals surface area contributed by atoms with Crippen LogP contribution in [0.5, 0.6) is 0 Å². The summed E-state index contributed by atoms with van der Waals surface area (Å²) in [6, 6.07) is 0. The Morgan fingerprint density at radius 3 is 3.00 bits per heavy atom. The van der Waals surface area contributed by atoms with Gasteiger partial charge >= 0.3 is 0 Å². The average Bonchev–Trinajstić information content (AvgIpc) is 2.39. The van der Waals surface area contributed by atoms with Gasteiger partial charge in [-0.25, -0.2) is 9.66 Å². The largest absolute Gasteiger partial charge is 0.236 e. The predicted octanol–water partition coefficient (Wildman–Crippen LogP) is 1.77. The lowest BCUT2D eigenvalue weighted by atomic mass is 10.5. The fourth-order valence-electron chi connectivity index (χ4n) is 0.799. The van der Waals surface area contributed by atoms with Crippen molar-refractivity contribution in [2.24, 2.45) is 5.10 Å². The van der Waals surface area contributed by atoms with Crippen LogP contribution in [0.3, 0.4) is 0 Å². The zero-order valence-electron chi connectivity index (χ0n) is 6.73. The van der Waals surface area contributed by atoms with Gasteiger partial charge in [-0.05, 0) is 19.9 Å².